The van der Waals surface area contributed by atoms with Gasteiger partial charge in [-0.2, -0.15) is 0 Å². The molecule has 2 fully saturated rings. The third-order valence-corrected chi connectivity index (χ3v) is 6.00. The van der Waals surface area contributed by atoms with Crippen molar-refractivity contribution < 1.29 is 4.79 Å². The van der Waals surface area contributed by atoms with Gasteiger partial charge in [0.1, 0.15) is 0 Å². The average molecular weight is 362 g/mol. The first-order chi connectivity index (χ1) is 13.2. The highest BCUT2D eigenvalue weighted by atomic mass is 16.1. The van der Waals surface area contributed by atoms with Gasteiger partial charge in [0.2, 0.25) is 5.91 Å². The molecule has 0 radical (unpaired) electrons. The summed E-state index contributed by atoms with van der Waals surface area (Å²) in [4.78, 5) is 22.8. The maximum atomic E-state index is 11.9. The van der Waals surface area contributed by atoms with Gasteiger partial charge in [-0.1, -0.05) is 12.1 Å². The molecule has 1 aliphatic carbocycles. The monoisotopic (exact) mass is 362 g/mol. The molecule has 4 atom stereocenters. The molecule has 2 aliphatic rings. The number of carbonyl (C=O) groups excluding carboxylic acids is 1. The van der Waals surface area contributed by atoms with Crippen LogP contribution in [0.25, 0.3) is 6.08 Å². The van der Waals surface area contributed by atoms with Crippen molar-refractivity contribution in [2.75, 3.05) is 19.6 Å². The summed E-state index contributed by atoms with van der Waals surface area (Å²) in [6, 6.07) is 8.40. The molecular formula is C22H26N4O. The Morgan fingerprint density at radius 1 is 1.22 bits per heavy atom. The number of amides is 1. The van der Waals surface area contributed by atoms with Crippen molar-refractivity contribution in [3.8, 4) is 0 Å². The van der Waals surface area contributed by atoms with Crippen LogP contribution in [0, 0.1) is 17.8 Å². The lowest BCUT2D eigenvalue weighted by Crippen LogP contribution is -2.29. The summed E-state index contributed by atoms with van der Waals surface area (Å²) >= 11 is 0. The summed E-state index contributed by atoms with van der Waals surface area (Å²) in [5.74, 6) is 2.33. The van der Waals surface area contributed by atoms with Crippen molar-refractivity contribution >= 4 is 12.0 Å². The Hall–Kier alpha value is -2.53. The lowest BCUT2D eigenvalue weighted by Gasteiger charge is -2.27. The Labute approximate surface area is 160 Å². The Morgan fingerprint density at radius 3 is 2.63 bits per heavy atom. The van der Waals surface area contributed by atoms with Crippen LogP contribution in [0.5, 0.6) is 0 Å². The molecule has 1 saturated carbocycles. The van der Waals surface area contributed by atoms with Crippen molar-refractivity contribution in [2.24, 2.45) is 17.8 Å². The van der Waals surface area contributed by atoms with Crippen molar-refractivity contribution in [1.82, 2.24) is 20.2 Å². The fourth-order valence-corrected chi connectivity index (χ4v) is 4.33. The normalized spacial score (nSPS) is 25.3. The molecule has 3 heterocycles. The number of fused-ring (bicyclic) bond motifs is 1. The summed E-state index contributed by atoms with van der Waals surface area (Å²) < 4.78 is 0. The number of hydrogen-bond donors (Lipinski definition) is 1. The van der Waals surface area contributed by atoms with Crippen LogP contribution in [0.4, 0.5) is 0 Å². The van der Waals surface area contributed by atoms with Crippen LogP contribution >= 0.6 is 0 Å². The summed E-state index contributed by atoms with van der Waals surface area (Å²) in [6.45, 7) is 5.36. The number of rotatable bonds is 7. The highest BCUT2D eigenvalue weighted by molar-refractivity contribution is 5.91. The smallest absolute Gasteiger partial charge is 0.244 e. The largest absolute Gasteiger partial charge is 0.353 e. The van der Waals surface area contributed by atoms with Crippen molar-refractivity contribution in [2.45, 2.75) is 19.4 Å². The van der Waals surface area contributed by atoms with Crippen LogP contribution in [0.3, 0.4) is 0 Å². The molecular weight excluding hydrogens is 336 g/mol. The van der Waals surface area contributed by atoms with Gasteiger partial charge in [-0.3, -0.25) is 19.7 Å². The van der Waals surface area contributed by atoms with Crippen LogP contribution in [-0.2, 0) is 4.79 Å². The van der Waals surface area contributed by atoms with Crippen molar-refractivity contribution in [3.05, 3.63) is 66.3 Å². The molecule has 0 bridgehead atoms. The van der Waals surface area contributed by atoms with Gasteiger partial charge in [-0.05, 0) is 60.4 Å². The predicted octanol–water partition coefficient (Wildman–Crippen LogP) is 2.94. The van der Waals surface area contributed by atoms with E-state index in [-0.39, 0.29) is 5.91 Å². The van der Waals surface area contributed by atoms with E-state index in [1.165, 1.54) is 18.7 Å². The minimum atomic E-state index is -0.0310. The van der Waals surface area contributed by atoms with Gasteiger partial charge in [0, 0.05) is 56.5 Å². The number of carbonyl (C=O) groups is 1. The lowest BCUT2D eigenvalue weighted by molar-refractivity contribution is -0.116. The minimum absolute atomic E-state index is 0.0310. The van der Waals surface area contributed by atoms with Crippen molar-refractivity contribution in [1.29, 1.82) is 0 Å². The number of aromatic nitrogens is 2. The molecule has 5 nitrogen and oxygen atoms in total. The zero-order chi connectivity index (χ0) is 18.6. The van der Waals surface area contributed by atoms with E-state index in [4.69, 9.17) is 0 Å². The predicted molar refractivity (Wildman–Crippen MR) is 106 cm³/mol. The van der Waals surface area contributed by atoms with Gasteiger partial charge in [0.25, 0.3) is 0 Å². The minimum Gasteiger partial charge on any atom is -0.353 e. The van der Waals surface area contributed by atoms with E-state index in [2.05, 4.69) is 33.2 Å². The van der Waals surface area contributed by atoms with Crippen LogP contribution < -0.4 is 5.32 Å². The molecule has 4 rings (SSSR count). The highest BCUT2D eigenvalue weighted by Crippen LogP contribution is 2.54. The second kappa shape index (κ2) is 8.01. The quantitative estimate of drug-likeness (QED) is 0.770. The second-order valence-corrected chi connectivity index (χ2v) is 7.61. The Bertz CT molecular complexity index is 780. The Kier molecular flexibility index (Phi) is 5.30. The molecule has 1 unspecified atom stereocenters. The van der Waals surface area contributed by atoms with E-state index in [0.717, 1.165) is 36.3 Å². The third kappa shape index (κ3) is 4.25. The molecule has 27 heavy (non-hydrogen) atoms. The van der Waals surface area contributed by atoms with Gasteiger partial charge < -0.3 is 5.32 Å². The van der Waals surface area contributed by atoms with E-state index in [9.17, 15) is 4.79 Å². The molecule has 0 aromatic carbocycles. The van der Waals surface area contributed by atoms with Gasteiger partial charge in [0.15, 0.2) is 0 Å². The van der Waals surface area contributed by atoms with E-state index >= 15 is 0 Å². The van der Waals surface area contributed by atoms with Crippen molar-refractivity contribution in [3.63, 3.8) is 0 Å². The highest BCUT2D eigenvalue weighted by Gasteiger charge is 2.55. The first-order valence-corrected chi connectivity index (χ1v) is 9.72. The molecule has 2 aromatic rings. The fraction of sp³-hybridized carbons (Fsp3) is 0.409. The van der Waals surface area contributed by atoms with E-state index in [1.54, 1.807) is 24.5 Å². The number of hydrogen-bond acceptors (Lipinski definition) is 4. The molecule has 140 valence electrons. The van der Waals surface area contributed by atoms with Crippen LogP contribution in [0.15, 0.2) is 55.1 Å². The maximum absolute atomic E-state index is 11.9. The fourth-order valence-electron chi connectivity index (χ4n) is 4.33. The standard InChI is InChI=1S/C22H26N4O/c1-16(18-5-3-10-24-13-18)26-14-20-19(21(20)15-26)8-11-25-22(27)7-6-17-4-2-9-23-12-17/h2-7,9-10,12-13,16,19-21H,8,11,14-15H2,1H3,(H,25,27)/b7-6+/t16?,19-,20-,21+. The number of likely N-dealkylation sites (tertiary alicyclic amines) is 1. The maximum Gasteiger partial charge on any atom is 0.244 e. The average Bonchev–Trinajstić information content (AvgIpc) is 3.16. The number of piperidine rings is 1. The molecule has 1 amide bonds. The summed E-state index contributed by atoms with van der Waals surface area (Å²) in [6.07, 6.45) is 11.7. The van der Waals surface area contributed by atoms with Gasteiger partial charge >= 0.3 is 0 Å². The molecule has 1 saturated heterocycles. The topological polar surface area (TPSA) is 58.1 Å². The number of pyridine rings is 2. The van der Waals surface area contributed by atoms with E-state index in [1.807, 2.05) is 30.6 Å². The van der Waals surface area contributed by atoms with Gasteiger partial charge in [0.05, 0.1) is 0 Å². The van der Waals surface area contributed by atoms with Crippen LogP contribution in [0.2, 0.25) is 0 Å². The molecule has 1 N–H and O–H groups in total. The second-order valence-electron chi connectivity index (χ2n) is 7.61. The van der Waals surface area contributed by atoms with Crippen LogP contribution in [-0.4, -0.2) is 40.4 Å². The molecule has 5 heteroatoms. The Morgan fingerprint density at radius 2 is 1.96 bits per heavy atom. The molecule has 1 aliphatic heterocycles. The summed E-state index contributed by atoms with van der Waals surface area (Å²) in [5, 5.41) is 3.01. The zero-order valence-electron chi connectivity index (χ0n) is 15.7. The Balaban J connectivity index is 1.16. The van der Waals surface area contributed by atoms with E-state index in [0.29, 0.717) is 6.04 Å². The van der Waals surface area contributed by atoms with E-state index < -0.39 is 0 Å². The SMILES string of the molecule is CC(c1cccnc1)N1C[C@@H]2[C@@H](CCNC(=O)/C=C/c3cccnc3)[C@@H]2C1. The zero-order valence-corrected chi connectivity index (χ0v) is 15.7. The first kappa shape index (κ1) is 17.9. The first-order valence-electron chi connectivity index (χ1n) is 9.72. The van der Waals surface area contributed by atoms with Crippen LogP contribution in [0.1, 0.15) is 30.5 Å². The number of nitrogens with one attached hydrogen (secondary N) is 1. The van der Waals surface area contributed by atoms with Gasteiger partial charge in [-0.25, -0.2) is 0 Å². The summed E-state index contributed by atoms with van der Waals surface area (Å²) in [5.41, 5.74) is 2.23. The molecule has 2 aromatic heterocycles. The van der Waals surface area contributed by atoms with Gasteiger partial charge in [-0.15, -0.1) is 0 Å². The molecule has 0 spiro atoms. The third-order valence-electron chi connectivity index (χ3n) is 6.00. The lowest BCUT2D eigenvalue weighted by atomic mass is 10.1. The summed E-state index contributed by atoms with van der Waals surface area (Å²) in [7, 11) is 0. The number of nitrogens with zero attached hydrogens (tertiary/aromatic N) is 3.